The lowest BCUT2D eigenvalue weighted by Crippen LogP contribution is -2.55. The maximum Gasteiger partial charge on any atom is 0.137 e. The summed E-state index contributed by atoms with van der Waals surface area (Å²) >= 11 is 3.22. The molecular formula is C14H21BrFN3. The Kier molecular flexibility index (Phi) is 4.48. The zero-order chi connectivity index (χ0) is 14.0. The molecule has 1 aliphatic rings. The molecule has 1 saturated heterocycles. The Morgan fingerprint density at radius 2 is 2.32 bits per heavy atom. The van der Waals surface area contributed by atoms with E-state index in [0.717, 1.165) is 25.1 Å². The van der Waals surface area contributed by atoms with Crippen LogP contribution in [0.4, 0.5) is 10.1 Å². The Labute approximate surface area is 122 Å². The molecule has 5 heteroatoms. The zero-order valence-electron chi connectivity index (χ0n) is 11.4. The standard InChI is InChI=1S/C14H21BrFN3/c1-10-8-14(9-17,5-6-19(10)2)18-11-3-4-13(16)12(15)7-11/h3-4,7,10,18H,5-6,8-9,17H2,1-2H3. The van der Waals surface area contributed by atoms with E-state index in [-0.39, 0.29) is 11.4 Å². The van der Waals surface area contributed by atoms with E-state index in [9.17, 15) is 4.39 Å². The fraction of sp³-hybridized carbons (Fsp3) is 0.571. The van der Waals surface area contributed by atoms with Gasteiger partial charge in [0.15, 0.2) is 0 Å². The van der Waals surface area contributed by atoms with Crippen LogP contribution in [-0.2, 0) is 0 Å². The van der Waals surface area contributed by atoms with E-state index in [2.05, 4.69) is 40.1 Å². The second-order valence-corrected chi connectivity index (χ2v) is 6.38. The predicted molar refractivity (Wildman–Crippen MR) is 80.8 cm³/mol. The molecule has 2 rings (SSSR count). The number of anilines is 1. The largest absolute Gasteiger partial charge is 0.378 e. The molecule has 1 fully saturated rings. The molecule has 1 aliphatic heterocycles. The van der Waals surface area contributed by atoms with E-state index in [1.807, 2.05) is 0 Å². The summed E-state index contributed by atoms with van der Waals surface area (Å²) in [5.74, 6) is -0.246. The van der Waals surface area contributed by atoms with Gasteiger partial charge in [0.2, 0.25) is 0 Å². The molecule has 0 aromatic heterocycles. The fourth-order valence-electron chi connectivity index (χ4n) is 2.66. The molecule has 19 heavy (non-hydrogen) atoms. The second-order valence-electron chi connectivity index (χ2n) is 5.52. The van der Waals surface area contributed by atoms with Crippen LogP contribution in [0.2, 0.25) is 0 Å². The SMILES string of the molecule is CC1CC(CN)(Nc2ccc(F)c(Br)c2)CCN1C. The summed E-state index contributed by atoms with van der Waals surface area (Å²) in [5, 5.41) is 3.51. The third-order valence-corrected chi connectivity index (χ3v) is 4.71. The van der Waals surface area contributed by atoms with Gasteiger partial charge in [-0.05, 0) is 60.9 Å². The molecule has 0 radical (unpaired) electrons. The Hall–Kier alpha value is -0.650. The molecule has 1 aromatic rings. The van der Waals surface area contributed by atoms with Gasteiger partial charge in [-0.1, -0.05) is 0 Å². The molecule has 0 amide bonds. The minimum absolute atomic E-state index is 0.0941. The lowest BCUT2D eigenvalue weighted by Gasteiger charge is -2.45. The zero-order valence-corrected chi connectivity index (χ0v) is 13.0. The van der Waals surface area contributed by atoms with Crippen molar-refractivity contribution >= 4 is 21.6 Å². The highest BCUT2D eigenvalue weighted by molar-refractivity contribution is 9.10. The first-order valence-corrected chi connectivity index (χ1v) is 7.39. The molecule has 0 aliphatic carbocycles. The average Bonchev–Trinajstić information content (AvgIpc) is 2.39. The number of nitrogens with two attached hydrogens (primary N) is 1. The van der Waals surface area contributed by atoms with Gasteiger partial charge >= 0.3 is 0 Å². The van der Waals surface area contributed by atoms with Crippen molar-refractivity contribution in [3.8, 4) is 0 Å². The van der Waals surface area contributed by atoms with Crippen molar-refractivity contribution < 1.29 is 4.39 Å². The Balaban J connectivity index is 2.16. The molecule has 1 heterocycles. The lowest BCUT2D eigenvalue weighted by molar-refractivity contribution is 0.147. The van der Waals surface area contributed by atoms with Gasteiger partial charge in [0.1, 0.15) is 5.82 Å². The predicted octanol–water partition coefficient (Wildman–Crippen LogP) is 2.81. The minimum Gasteiger partial charge on any atom is -0.378 e. The molecule has 3 nitrogen and oxygen atoms in total. The highest BCUT2D eigenvalue weighted by atomic mass is 79.9. The number of hydrogen-bond donors (Lipinski definition) is 2. The van der Waals surface area contributed by atoms with Crippen LogP contribution in [0.3, 0.4) is 0 Å². The Bertz CT molecular complexity index is 454. The quantitative estimate of drug-likeness (QED) is 0.895. The summed E-state index contributed by atoms with van der Waals surface area (Å²) in [5.41, 5.74) is 6.81. The van der Waals surface area contributed by atoms with E-state index < -0.39 is 0 Å². The van der Waals surface area contributed by atoms with E-state index in [1.165, 1.54) is 6.07 Å². The summed E-state index contributed by atoms with van der Waals surface area (Å²) in [4.78, 5) is 2.34. The first-order valence-electron chi connectivity index (χ1n) is 6.59. The monoisotopic (exact) mass is 329 g/mol. The smallest absolute Gasteiger partial charge is 0.137 e. The van der Waals surface area contributed by atoms with E-state index in [1.54, 1.807) is 12.1 Å². The van der Waals surface area contributed by atoms with Crippen molar-refractivity contribution in [3.05, 3.63) is 28.5 Å². The van der Waals surface area contributed by atoms with Crippen molar-refractivity contribution in [2.24, 2.45) is 5.73 Å². The van der Waals surface area contributed by atoms with Crippen LogP contribution in [0, 0.1) is 5.82 Å². The summed E-state index contributed by atoms with van der Waals surface area (Å²) < 4.78 is 13.7. The molecule has 106 valence electrons. The average molecular weight is 330 g/mol. The van der Waals surface area contributed by atoms with Crippen LogP contribution < -0.4 is 11.1 Å². The van der Waals surface area contributed by atoms with Crippen LogP contribution in [0.25, 0.3) is 0 Å². The van der Waals surface area contributed by atoms with Crippen molar-refractivity contribution in [2.45, 2.75) is 31.3 Å². The van der Waals surface area contributed by atoms with Gasteiger partial charge in [0, 0.05) is 24.8 Å². The normalized spacial score (nSPS) is 28.4. The number of nitrogens with one attached hydrogen (secondary N) is 1. The van der Waals surface area contributed by atoms with Crippen LogP contribution in [0.1, 0.15) is 19.8 Å². The van der Waals surface area contributed by atoms with Crippen molar-refractivity contribution in [1.29, 1.82) is 0 Å². The molecule has 3 N–H and O–H groups in total. The van der Waals surface area contributed by atoms with Gasteiger partial charge in [-0.15, -0.1) is 0 Å². The topological polar surface area (TPSA) is 41.3 Å². The number of rotatable bonds is 3. The Morgan fingerprint density at radius 1 is 1.58 bits per heavy atom. The van der Waals surface area contributed by atoms with E-state index >= 15 is 0 Å². The number of benzene rings is 1. The van der Waals surface area contributed by atoms with E-state index in [0.29, 0.717) is 17.1 Å². The third kappa shape index (κ3) is 3.27. The summed E-state index contributed by atoms with van der Waals surface area (Å²) in [6, 6.07) is 5.50. The van der Waals surface area contributed by atoms with Crippen molar-refractivity contribution in [3.63, 3.8) is 0 Å². The number of halogens is 2. The number of hydrogen-bond acceptors (Lipinski definition) is 3. The highest BCUT2D eigenvalue weighted by Crippen LogP contribution is 2.30. The van der Waals surface area contributed by atoms with Crippen molar-refractivity contribution in [1.82, 2.24) is 4.90 Å². The first kappa shape index (κ1) is 14.8. The molecule has 1 aromatic carbocycles. The van der Waals surface area contributed by atoms with Gasteiger partial charge < -0.3 is 16.0 Å². The van der Waals surface area contributed by atoms with Gasteiger partial charge in [-0.25, -0.2) is 4.39 Å². The summed E-state index contributed by atoms with van der Waals surface area (Å²) in [6.07, 6.45) is 1.99. The second kappa shape index (κ2) is 5.77. The van der Waals surface area contributed by atoms with Gasteiger partial charge in [-0.3, -0.25) is 0 Å². The van der Waals surface area contributed by atoms with Crippen LogP contribution >= 0.6 is 15.9 Å². The van der Waals surface area contributed by atoms with Crippen LogP contribution in [0.15, 0.2) is 22.7 Å². The highest BCUT2D eigenvalue weighted by Gasteiger charge is 2.35. The third-order valence-electron chi connectivity index (χ3n) is 4.10. The number of nitrogens with zero attached hydrogens (tertiary/aromatic N) is 1. The number of likely N-dealkylation sites (tertiary alicyclic amines) is 1. The van der Waals surface area contributed by atoms with Gasteiger partial charge in [0.25, 0.3) is 0 Å². The molecule has 0 spiro atoms. The van der Waals surface area contributed by atoms with Crippen molar-refractivity contribution in [2.75, 3.05) is 25.5 Å². The van der Waals surface area contributed by atoms with Crippen LogP contribution in [-0.4, -0.2) is 36.6 Å². The first-order chi connectivity index (χ1) is 8.96. The summed E-state index contributed by atoms with van der Waals surface area (Å²) in [6.45, 7) is 3.82. The lowest BCUT2D eigenvalue weighted by atomic mass is 9.83. The summed E-state index contributed by atoms with van der Waals surface area (Å²) in [7, 11) is 2.14. The maximum absolute atomic E-state index is 13.3. The van der Waals surface area contributed by atoms with Crippen LogP contribution in [0.5, 0.6) is 0 Å². The van der Waals surface area contributed by atoms with Gasteiger partial charge in [0.05, 0.1) is 10.0 Å². The molecule has 2 atom stereocenters. The Morgan fingerprint density at radius 3 is 2.89 bits per heavy atom. The van der Waals surface area contributed by atoms with E-state index in [4.69, 9.17) is 5.73 Å². The molecular weight excluding hydrogens is 309 g/mol. The molecule has 2 unspecified atom stereocenters. The molecule has 0 bridgehead atoms. The number of piperidine rings is 1. The fourth-order valence-corrected chi connectivity index (χ4v) is 3.04. The van der Waals surface area contributed by atoms with Gasteiger partial charge in [-0.2, -0.15) is 0 Å². The minimum atomic E-state index is -0.246. The maximum atomic E-state index is 13.3. The molecule has 0 saturated carbocycles.